The first-order valence-electron chi connectivity index (χ1n) is 7.12. The summed E-state index contributed by atoms with van der Waals surface area (Å²) in [6.07, 6.45) is 1.79. The van der Waals surface area contributed by atoms with Gasteiger partial charge in [0.15, 0.2) is 0 Å². The van der Waals surface area contributed by atoms with Crippen molar-refractivity contribution in [3.05, 3.63) is 57.7 Å². The first kappa shape index (κ1) is 15.8. The zero-order valence-electron chi connectivity index (χ0n) is 13.3. The molecule has 0 atom stereocenters. The van der Waals surface area contributed by atoms with Gasteiger partial charge in [-0.1, -0.05) is 38.4 Å². The van der Waals surface area contributed by atoms with E-state index in [2.05, 4.69) is 38.7 Å². The second kappa shape index (κ2) is 6.07. The van der Waals surface area contributed by atoms with Gasteiger partial charge >= 0.3 is 0 Å². The van der Waals surface area contributed by atoms with E-state index in [1.165, 1.54) is 11.1 Å². The van der Waals surface area contributed by atoms with Gasteiger partial charge in [0.1, 0.15) is 6.61 Å². The lowest BCUT2D eigenvalue weighted by Crippen LogP contribution is -2.11. The van der Waals surface area contributed by atoms with E-state index < -0.39 is 0 Å². The van der Waals surface area contributed by atoms with E-state index in [0.717, 1.165) is 16.1 Å². The van der Waals surface area contributed by atoms with Crippen molar-refractivity contribution in [1.29, 1.82) is 0 Å². The Bertz CT molecular complexity index is 621. The number of aromatic nitrogens is 1. The van der Waals surface area contributed by atoms with Crippen molar-refractivity contribution in [3.63, 3.8) is 0 Å². The summed E-state index contributed by atoms with van der Waals surface area (Å²) in [4.78, 5) is 4.28. The molecule has 0 saturated heterocycles. The molecule has 112 valence electrons. The van der Waals surface area contributed by atoms with Crippen LogP contribution in [0, 0.1) is 13.8 Å². The minimum Gasteiger partial charge on any atom is -0.473 e. The van der Waals surface area contributed by atoms with E-state index in [1.807, 2.05) is 25.1 Å². The number of ether oxygens (including phenoxy) is 1. The summed E-state index contributed by atoms with van der Waals surface area (Å²) in [5, 5.41) is 0.782. The van der Waals surface area contributed by atoms with Crippen molar-refractivity contribution in [2.45, 2.75) is 46.6 Å². The fraction of sp³-hybridized carbons (Fsp3) is 0.389. The average Bonchev–Trinajstić information content (AvgIpc) is 2.42. The lowest BCUT2D eigenvalue weighted by molar-refractivity contribution is 0.293. The van der Waals surface area contributed by atoms with E-state index in [9.17, 15) is 0 Å². The molecule has 2 rings (SSSR count). The highest BCUT2D eigenvalue weighted by Gasteiger charge is 2.14. The van der Waals surface area contributed by atoms with Crippen LogP contribution in [0.5, 0.6) is 5.88 Å². The van der Waals surface area contributed by atoms with Crippen LogP contribution in [0.3, 0.4) is 0 Å². The van der Waals surface area contributed by atoms with Crippen molar-refractivity contribution in [3.8, 4) is 5.88 Å². The van der Waals surface area contributed by atoms with Gasteiger partial charge in [0.25, 0.3) is 0 Å². The molecule has 1 heterocycles. The minimum absolute atomic E-state index is 0.0881. The Labute approximate surface area is 132 Å². The molecule has 0 radical (unpaired) electrons. The number of benzene rings is 1. The molecule has 0 amide bonds. The number of hydrogen-bond acceptors (Lipinski definition) is 2. The fourth-order valence-electron chi connectivity index (χ4n) is 2.08. The Morgan fingerprint density at radius 1 is 1.14 bits per heavy atom. The Balaban J connectivity index is 2.14. The van der Waals surface area contributed by atoms with E-state index >= 15 is 0 Å². The zero-order valence-corrected chi connectivity index (χ0v) is 14.1. The predicted octanol–water partition coefficient (Wildman–Crippen LogP) is 5.23. The van der Waals surface area contributed by atoms with Crippen LogP contribution >= 0.6 is 11.6 Å². The summed E-state index contributed by atoms with van der Waals surface area (Å²) in [5.41, 5.74) is 4.66. The molecule has 0 aliphatic carbocycles. The van der Waals surface area contributed by atoms with E-state index in [4.69, 9.17) is 16.3 Å². The SMILES string of the molecule is Cc1cc(COc2cc(C(C)(C)C)ccn2)cc(Cl)c1C. The van der Waals surface area contributed by atoms with Gasteiger partial charge in [0.05, 0.1) is 0 Å². The van der Waals surface area contributed by atoms with Gasteiger partial charge in [-0.25, -0.2) is 4.98 Å². The second-order valence-electron chi connectivity index (χ2n) is 6.44. The quantitative estimate of drug-likeness (QED) is 0.774. The molecule has 0 fully saturated rings. The molecule has 0 N–H and O–H groups in total. The van der Waals surface area contributed by atoms with Crippen LogP contribution in [-0.2, 0) is 12.0 Å². The van der Waals surface area contributed by atoms with Crippen molar-refractivity contribution < 1.29 is 4.74 Å². The number of aryl methyl sites for hydroxylation is 1. The maximum Gasteiger partial charge on any atom is 0.213 e. The van der Waals surface area contributed by atoms with Gasteiger partial charge in [-0.15, -0.1) is 0 Å². The number of pyridine rings is 1. The molecule has 3 heteroatoms. The first-order chi connectivity index (χ1) is 9.77. The summed E-state index contributed by atoms with van der Waals surface area (Å²) < 4.78 is 5.81. The summed E-state index contributed by atoms with van der Waals surface area (Å²) in [6.45, 7) is 11.1. The van der Waals surface area contributed by atoms with Crippen LogP contribution in [0.2, 0.25) is 5.02 Å². The van der Waals surface area contributed by atoms with Crippen LogP contribution < -0.4 is 4.74 Å². The summed E-state index contributed by atoms with van der Waals surface area (Å²) >= 11 is 6.21. The van der Waals surface area contributed by atoms with Crippen LogP contribution in [0.25, 0.3) is 0 Å². The third-order valence-electron chi connectivity index (χ3n) is 3.65. The summed E-state index contributed by atoms with van der Waals surface area (Å²) in [5.74, 6) is 0.650. The zero-order chi connectivity index (χ0) is 15.6. The molecule has 0 bridgehead atoms. The monoisotopic (exact) mass is 303 g/mol. The lowest BCUT2D eigenvalue weighted by atomic mass is 9.88. The van der Waals surface area contributed by atoms with Gasteiger partial charge in [0, 0.05) is 17.3 Å². The van der Waals surface area contributed by atoms with Crippen LogP contribution in [-0.4, -0.2) is 4.98 Å². The van der Waals surface area contributed by atoms with Gasteiger partial charge in [0.2, 0.25) is 5.88 Å². The highest BCUT2D eigenvalue weighted by molar-refractivity contribution is 6.31. The maximum atomic E-state index is 6.21. The highest BCUT2D eigenvalue weighted by atomic mass is 35.5. The van der Waals surface area contributed by atoms with Crippen molar-refractivity contribution in [2.24, 2.45) is 0 Å². The standard InChI is InChI=1S/C18H22ClNO/c1-12-8-14(9-16(19)13(12)2)11-21-17-10-15(6-7-20-17)18(3,4)5/h6-10H,11H2,1-5H3. The van der Waals surface area contributed by atoms with Gasteiger partial charge in [-0.05, 0) is 53.6 Å². The summed E-state index contributed by atoms with van der Waals surface area (Å²) in [7, 11) is 0. The molecule has 0 spiro atoms. The van der Waals surface area contributed by atoms with Crippen LogP contribution in [0.4, 0.5) is 0 Å². The largest absolute Gasteiger partial charge is 0.473 e. The number of halogens is 1. The fourth-order valence-corrected chi connectivity index (χ4v) is 2.37. The maximum absolute atomic E-state index is 6.21. The molecule has 1 aromatic heterocycles. The average molecular weight is 304 g/mol. The van der Waals surface area contributed by atoms with E-state index in [1.54, 1.807) is 6.20 Å². The third kappa shape index (κ3) is 3.98. The van der Waals surface area contributed by atoms with E-state index in [-0.39, 0.29) is 5.41 Å². The van der Waals surface area contributed by atoms with Crippen LogP contribution in [0.15, 0.2) is 30.5 Å². The van der Waals surface area contributed by atoms with E-state index in [0.29, 0.717) is 12.5 Å². The van der Waals surface area contributed by atoms with Crippen molar-refractivity contribution in [1.82, 2.24) is 4.98 Å². The number of nitrogens with zero attached hydrogens (tertiary/aromatic N) is 1. The molecular weight excluding hydrogens is 282 g/mol. The lowest BCUT2D eigenvalue weighted by Gasteiger charge is -2.19. The molecule has 0 aliphatic rings. The molecule has 0 aliphatic heterocycles. The first-order valence-corrected chi connectivity index (χ1v) is 7.50. The molecule has 1 aromatic carbocycles. The van der Waals surface area contributed by atoms with Gasteiger partial charge < -0.3 is 4.74 Å². The smallest absolute Gasteiger partial charge is 0.213 e. The summed E-state index contributed by atoms with van der Waals surface area (Å²) in [6, 6.07) is 8.09. The normalized spacial score (nSPS) is 11.5. The molecule has 0 unspecified atom stereocenters. The molecule has 2 aromatic rings. The topological polar surface area (TPSA) is 22.1 Å². The Hall–Kier alpha value is -1.54. The predicted molar refractivity (Wildman–Crippen MR) is 88.2 cm³/mol. The minimum atomic E-state index is 0.0881. The number of rotatable bonds is 3. The molecular formula is C18H22ClNO. The number of hydrogen-bond donors (Lipinski definition) is 0. The van der Waals surface area contributed by atoms with Gasteiger partial charge in [-0.3, -0.25) is 0 Å². The molecule has 21 heavy (non-hydrogen) atoms. The molecule has 0 saturated carbocycles. The third-order valence-corrected chi connectivity index (χ3v) is 4.04. The Kier molecular flexibility index (Phi) is 4.58. The van der Waals surface area contributed by atoms with Crippen molar-refractivity contribution >= 4 is 11.6 Å². The van der Waals surface area contributed by atoms with Gasteiger partial charge in [-0.2, -0.15) is 0 Å². The van der Waals surface area contributed by atoms with Crippen molar-refractivity contribution in [2.75, 3.05) is 0 Å². The Morgan fingerprint density at radius 3 is 2.48 bits per heavy atom. The highest BCUT2D eigenvalue weighted by Crippen LogP contribution is 2.25. The Morgan fingerprint density at radius 2 is 1.86 bits per heavy atom. The van der Waals surface area contributed by atoms with Crippen LogP contribution in [0.1, 0.15) is 43.0 Å². The second-order valence-corrected chi connectivity index (χ2v) is 6.85. The molecule has 2 nitrogen and oxygen atoms in total.